The zero-order valence-corrected chi connectivity index (χ0v) is 10.7. The fraction of sp³-hybridized carbons (Fsp3) is 0.583. The molecular formula is C12H21N3O2. The van der Waals surface area contributed by atoms with Gasteiger partial charge >= 0.3 is 0 Å². The summed E-state index contributed by atoms with van der Waals surface area (Å²) < 4.78 is 5.36. The molecule has 0 spiro atoms. The second-order valence-corrected chi connectivity index (χ2v) is 4.34. The van der Waals surface area contributed by atoms with Crippen molar-refractivity contribution in [1.29, 1.82) is 0 Å². The Kier molecular flexibility index (Phi) is 5.18. The first-order valence-electron chi connectivity index (χ1n) is 5.90. The van der Waals surface area contributed by atoms with Crippen molar-refractivity contribution in [2.45, 2.75) is 39.8 Å². The van der Waals surface area contributed by atoms with E-state index in [4.69, 9.17) is 10.3 Å². The number of nitrogens with two attached hydrogens (primary N) is 1. The molecule has 0 aromatic carbocycles. The molecule has 1 rings (SSSR count). The summed E-state index contributed by atoms with van der Waals surface area (Å²) in [5.74, 6) is 5.51. The van der Waals surface area contributed by atoms with Crippen molar-refractivity contribution in [3.63, 3.8) is 0 Å². The maximum atomic E-state index is 11.3. The van der Waals surface area contributed by atoms with Crippen molar-refractivity contribution in [3.05, 3.63) is 23.7 Å². The predicted octanol–water partition coefficient (Wildman–Crippen LogP) is 1.50. The number of carbonyl (C=O) groups is 1. The lowest BCUT2D eigenvalue weighted by atomic mass is 10.2. The van der Waals surface area contributed by atoms with Gasteiger partial charge in [-0.05, 0) is 32.9 Å². The number of nitrogens with zero attached hydrogens (tertiary/aromatic N) is 1. The van der Waals surface area contributed by atoms with Crippen molar-refractivity contribution in [2.75, 3.05) is 6.54 Å². The molecule has 1 aromatic heterocycles. The van der Waals surface area contributed by atoms with Crippen LogP contribution in [0.3, 0.4) is 0 Å². The lowest BCUT2D eigenvalue weighted by Gasteiger charge is -2.24. The Morgan fingerprint density at radius 1 is 1.59 bits per heavy atom. The molecule has 0 fully saturated rings. The van der Waals surface area contributed by atoms with Crippen LogP contribution in [0.25, 0.3) is 0 Å². The van der Waals surface area contributed by atoms with Crippen LogP contribution in [0.1, 0.15) is 43.3 Å². The lowest BCUT2D eigenvalue weighted by molar-refractivity contribution is 0.0953. The number of nitrogens with one attached hydrogen (secondary N) is 1. The summed E-state index contributed by atoms with van der Waals surface area (Å²) in [6.07, 6.45) is 2.52. The summed E-state index contributed by atoms with van der Waals surface area (Å²) in [4.78, 5) is 13.6. The fourth-order valence-corrected chi connectivity index (χ4v) is 1.67. The van der Waals surface area contributed by atoms with Crippen LogP contribution in [0.2, 0.25) is 0 Å². The Bertz CT molecular complexity index is 360. The molecule has 0 aliphatic heterocycles. The van der Waals surface area contributed by atoms with Crippen molar-refractivity contribution in [3.8, 4) is 0 Å². The third-order valence-corrected chi connectivity index (χ3v) is 2.65. The highest BCUT2D eigenvalue weighted by atomic mass is 16.3. The van der Waals surface area contributed by atoms with Gasteiger partial charge in [-0.15, -0.1) is 0 Å². The summed E-state index contributed by atoms with van der Waals surface area (Å²) in [6, 6.07) is 2.18. The molecular weight excluding hydrogens is 218 g/mol. The first-order chi connectivity index (χ1) is 8.08. The molecule has 0 radical (unpaired) electrons. The first kappa shape index (κ1) is 13.7. The van der Waals surface area contributed by atoms with E-state index < -0.39 is 0 Å². The molecule has 0 unspecified atom stereocenters. The van der Waals surface area contributed by atoms with Gasteiger partial charge in [0.15, 0.2) is 0 Å². The van der Waals surface area contributed by atoms with E-state index in [9.17, 15) is 4.79 Å². The maximum Gasteiger partial charge on any atom is 0.268 e. The van der Waals surface area contributed by atoms with Gasteiger partial charge in [-0.25, -0.2) is 5.84 Å². The van der Waals surface area contributed by atoms with Crippen molar-refractivity contribution in [1.82, 2.24) is 10.3 Å². The molecule has 0 bridgehead atoms. The minimum atomic E-state index is -0.327. The molecule has 96 valence electrons. The number of hydrazine groups is 1. The number of amides is 1. The molecule has 0 atom stereocenters. The molecule has 17 heavy (non-hydrogen) atoms. The largest absolute Gasteiger partial charge is 0.467 e. The molecule has 1 heterocycles. The highest BCUT2D eigenvalue weighted by Gasteiger charge is 2.13. The van der Waals surface area contributed by atoms with Crippen LogP contribution in [0.5, 0.6) is 0 Å². The highest BCUT2D eigenvalue weighted by molar-refractivity contribution is 5.93. The van der Waals surface area contributed by atoms with Gasteiger partial charge in [-0.3, -0.25) is 15.1 Å². The summed E-state index contributed by atoms with van der Waals surface area (Å²) in [5.41, 5.74) is 2.54. The predicted molar refractivity (Wildman–Crippen MR) is 66.2 cm³/mol. The standard InChI is InChI=1S/C12H21N3O2/c1-4-5-15(9(2)3)7-11-6-10(8-17-11)12(16)14-13/h6,8-9H,4-5,7,13H2,1-3H3,(H,14,16). The van der Waals surface area contributed by atoms with Gasteiger partial charge in [-0.2, -0.15) is 0 Å². The van der Waals surface area contributed by atoms with Crippen LogP contribution in [0, 0.1) is 0 Å². The van der Waals surface area contributed by atoms with Gasteiger partial charge in [-0.1, -0.05) is 6.92 Å². The van der Waals surface area contributed by atoms with Gasteiger partial charge in [0.25, 0.3) is 5.91 Å². The average Bonchev–Trinajstić information content (AvgIpc) is 2.76. The second-order valence-electron chi connectivity index (χ2n) is 4.34. The second kappa shape index (κ2) is 6.42. The number of hydrogen-bond donors (Lipinski definition) is 2. The lowest BCUT2D eigenvalue weighted by Crippen LogP contribution is -2.31. The van der Waals surface area contributed by atoms with Gasteiger partial charge in [0.2, 0.25) is 0 Å². The SMILES string of the molecule is CCCN(Cc1cc(C(=O)NN)co1)C(C)C. The molecule has 0 aliphatic carbocycles. The summed E-state index contributed by atoms with van der Waals surface area (Å²) in [6.45, 7) is 8.16. The average molecular weight is 239 g/mol. The third-order valence-electron chi connectivity index (χ3n) is 2.65. The number of carbonyl (C=O) groups excluding carboxylic acids is 1. The Labute approximate surface area is 102 Å². The van der Waals surface area contributed by atoms with Crippen LogP contribution in [-0.2, 0) is 6.54 Å². The van der Waals surface area contributed by atoms with E-state index >= 15 is 0 Å². The van der Waals surface area contributed by atoms with Crippen LogP contribution >= 0.6 is 0 Å². The summed E-state index contributed by atoms with van der Waals surface area (Å²) >= 11 is 0. The monoisotopic (exact) mass is 239 g/mol. The van der Waals surface area contributed by atoms with E-state index in [2.05, 4.69) is 31.1 Å². The van der Waals surface area contributed by atoms with Crippen LogP contribution < -0.4 is 11.3 Å². The Balaban J connectivity index is 2.66. The van der Waals surface area contributed by atoms with Crippen LogP contribution in [0.4, 0.5) is 0 Å². The van der Waals surface area contributed by atoms with E-state index in [1.807, 2.05) is 0 Å². The van der Waals surface area contributed by atoms with E-state index in [0.29, 0.717) is 18.2 Å². The van der Waals surface area contributed by atoms with E-state index in [-0.39, 0.29) is 5.91 Å². The van der Waals surface area contributed by atoms with Gasteiger partial charge in [0.1, 0.15) is 12.0 Å². The summed E-state index contributed by atoms with van der Waals surface area (Å²) in [7, 11) is 0. The molecule has 5 nitrogen and oxygen atoms in total. The normalized spacial score (nSPS) is 11.2. The zero-order chi connectivity index (χ0) is 12.8. The number of nitrogen functional groups attached to an aromatic ring is 1. The van der Waals surface area contributed by atoms with Gasteiger partial charge in [0.05, 0.1) is 12.1 Å². The van der Waals surface area contributed by atoms with Crippen molar-refractivity contribution >= 4 is 5.91 Å². The Morgan fingerprint density at radius 2 is 2.29 bits per heavy atom. The van der Waals surface area contributed by atoms with Crippen molar-refractivity contribution in [2.24, 2.45) is 5.84 Å². The third kappa shape index (κ3) is 3.87. The van der Waals surface area contributed by atoms with Crippen LogP contribution in [0.15, 0.2) is 16.7 Å². The number of furan rings is 1. The minimum Gasteiger partial charge on any atom is -0.467 e. The van der Waals surface area contributed by atoms with Gasteiger partial charge < -0.3 is 4.42 Å². The number of hydrogen-bond acceptors (Lipinski definition) is 4. The van der Waals surface area contributed by atoms with E-state index in [1.54, 1.807) is 6.07 Å². The Hall–Kier alpha value is -1.33. The molecule has 1 amide bonds. The molecule has 5 heteroatoms. The van der Waals surface area contributed by atoms with E-state index in [1.165, 1.54) is 6.26 Å². The van der Waals surface area contributed by atoms with E-state index in [0.717, 1.165) is 18.7 Å². The maximum absolute atomic E-state index is 11.3. The zero-order valence-electron chi connectivity index (χ0n) is 10.7. The fourth-order valence-electron chi connectivity index (χ4n) is 1.67. The topological polar surface area (TPSA) is 71.5 Å². The van der Waals surface area contributed by atoms with Crippen molar-refractivity contribution < 1.29 is 9.21 Å². The smallest absolute Gasteiger partial charge is 0.268 e. The molecule has 3 N–H and O–H groups in total. The number of rotatable bonds is 6. The Morgan fingerprint density at radius 3 is 2.82 bits per heavy atom. The molecule has 0 aliphatic rings. The highest BCUT2D eigenvalue weighted by Crippen LogP contribution is 2.12. The minimum absolute atomic E-state index is 0.327. The molecule has 1 aromatic rings. The summed E-state index contributed by atoms with van der Waals surface area (Å²) in [5, 5.41) is 0. The quantitative estimate of drug-likeness (QED) is 0.448. The van der Waals surface area contributed by atoms with Gasteiger partial charge in [0, 0.05) is 6.04 Å². The molecule has 0 saturated carbocycles. The first-order valence-corrected chi connectivity index (χ1v) is 5.90. The molecule has 0 saturated heterocycles. The van der Waals surface area contributed by atoms with Crippen LogP contribution in [-0.4, -0.2) is 23.4 Å².